The van der Waals surface area contributed by atoms with E-state index in [1.165, 1.54) is 10.6 Å². The topological polar surface area (TPSA) is 40.6 Å². The van der Waals surface area contributed by atoms with Crippen molar-refractivity contribution in [3.8, 4) is 0 Å². The maximum atomic E-state index is 11.5. The van der Waals surface area contributed by atoms with E-state index in [1.807, 2.05) is 18.2 Å². The number of alkyl halides is 1. The predicted octanol–water partition coefficient (Wildman–Crippen LogP) is 2.16. The Labute approximate surface area is 124 Å². The molecule has 0 bridgehead atoms. The Hall–Kier alpha value is -0.490. The molecule has 0 aliphatic carbocycles. The van der Waals surface area contributed by atoms with E-state index in [4.69, 9.17) is 23.2 Å². The van der Waals surface area contributed by atoms with Gasteiger partial charge in [-0.3, -0.25) is 0 Å². The second-order valence-corrected chi connectivity index (χ2v) is 7.19. The van der Waals surface area contributed by atoms with Crippen LogP contribution in [0.2, 0.25) is 5.02 Å². The van der Waals surface area contributed by atoms with Crippen LogP contribution in [0.15, 0.2) is 18.2 Å². The molecule has 0 radical (unpaired) electrons. The minimum atomic E-state index is -3.11. The van der Waals surface area contributed by atoms with Crippen LogP contribution in [0.1, 0.15) is 5.56 Å². The van der Waals surface area contributed by atoms with Crippen molar-refractivity contribution in [1.82, 2.24) is 4.31 Å². The molecule has 1 aromatic rings. The standard InChI is InChI=1S/C12H16Cl2N2O2S/c1-19(17,18)16-7-5-15(6-8-16)12-10(9-13)3-2-4-11(12)14/h2-4H,5-9H2,1H3. The van der Waals surface area contributed by atoms with E-state index in [0.717, 1.165) is 11.3 Å². The van der Waals surface area contributed by atoms with Crippen LogP contribution in [0.4, 0.5) is 5.69 Å². The van der Waals surface area contributed by atoms with Crippen molar-refractivity contribution >= 4 is 38.9 Å². The molecule has 2 rings (SSSR count). The number of anilines is 1. The summed E-state index contributed by atoms with van der Waals surface area (Å²) in [4.78, 5) is 2.10. The van der Waals surface area contributed by atoms with Gasteiger partial charge in [-0.1, -0.05) is 23.7 Å². The number of hydrogen-bond donors (Lipinski definition) is 0. The van der Waals surface area contributed by atoms with Crippen LogP contribution in [0.5, 0.6) is 0 Å². The lowest BCUT2D eigenvalue weighted by atomic mass is 10.1. The third kappa shape index (κ3) is 3.34. The zero-order valence-electron chi connectivity index (χ0n) is 10.6. The first-order valence-electron chi connectivity index (χ1n) is 5.97. The first kappa shape index (κ1) is 14.9. The summed E-state index contributed by atoms with van der Waals surface area (Å²) in [6.07, 6.45) is 1.24. The largest absolute Gasteiger partial charge is 0.367 e. The number of piperazine rings is 1. The molecule has 0 saturated carbocycles. The Bertz CT molecular complexity index is 555. The zero-order valence-corrected chi connectivity index (χ0v) is 13.0. The molecule has 1 aliphatic rings. The maximum Gasteiger partial charge on any atom is 0.211 e. The lowest BCUT2D eigenvalue weighted by Gasteiger charge is -2.36. The van der Waals surface area contributed by atoms with Crippen molar-refractivity contribution in [2.75, 3.05) is 37.3 Å². The molecular weight excluding hydrogens is 307 g/mol. The minimum Gasteiger partial charge on any atom is -0.367 e. The number of rotatable bonds is 3. The van der Waals surface area contributed by atoms with Crippen molar-refractivity contribution < 1.29 is 8.42 Å². The predicted molar refractivity (Wildman–Crippen MR) is 79.6 cm³/mol. The lowest BCUT2D eigenvalue weighted by Crippen LogP contribution is -2.48. The minimum absolute atomic E-state index is 0.391. The first-order chi connectivity index (χ1) is 8.93. The fraction of sp³-hybridized carbons (Fsp3) is 0.500. The molecule has 0 N–H and O–H groups in total. The van der Waals surface area contributed by atoms with Gasteiger partial charge in [0.1, 0.15) is 0 Å². The van der Waals surface area contributed by atoms with Crippen molar-refractivity contribution in [2.24, 2.45) is 0 Å². The monoisotopic (exact) mass is 322 g/mol. The Morgan fingerprint density at radius 2 is 1.84 bits per heavy atom. The van der Waals surface area contributed by atoms with Gasteiger partial charge < -0.3 is 4.90 Å². The lowest BCUT2D eigenvalue weighted by molar-refractivity contribution is 0.388. The van der Waals surface area contributed by atoms with Crippen LogP contribution in [-0.4, -0.2) is 45.2 Å². The molecular formula is C12H16Cl2N2O2S. The molecule has 0 spiro atoms. The van der Waals surface area contributed by atoms with Gasteiger partial charge in [-0.2, -0.15) is 4.31 Å². The molecule has 1 aliphatic heterocycles. The molecule has 7 heteroatoms. The molecule has 1 saturated heterocycles. The normalized spacial score (nSPS) is 17.7. The van der Waals surface area contributed by atoms with Gasteiger partial charge in [-0.25, -0.2) is 8.42 Å². The molecule has 0 aromatic heterocycles. The summed E-state index contributed by atoms with van der Waals surface area (Å²) in [5.74, 6) is 0.391. The maximum absolute atomic E-state index is 11.5. The summed E-state index contributed by atoms with van der Waals surface area (Å²) in [6.45, 7) is 2.21. The van der Waals surface area contributed by atoms with E-state index in [1.54, 1.807) is 0 Å². The Morgan fingerprint density at radius 3 is 2.37 bits per heavy atom. The summed E-state index contributed by atoms with van der Waals surface area (Å²) < 4.78 is 24.4. The van der Waals surface area contributed by atoms with Crippen LogP contribution in [0.25, 0.3) is 0 Å². The van der Waals surface area contributed by atoms with E-state index in [0.29, 0.717) is 37.1 Å². The molecule has 0 atom stereocenters. The Kier molecular flexibility index (Phi) is 4.61. The van der Waals surface area contributed by atoms with E-state index >= 15 is 0 Å². The third-order valence-corrected chi connectivity index (χ3v) is 5.13. The summed E-state index contributed by atoms with van der Waals surface area (Å²) in [6, 6.07) is 5.64. The van der Waals surface area contributed by atoms with Crippen molar-refractivity contribution in [1.29, 1.82) is 0 Å². The number of hydrogen-bond acceptors (Lipinski definition) is 3. The van der Waals surface area contributed by atoms with Crippen LogP contribution in [-0.2, 0) is 15.9 Å². The van der Waals surface area contributed by atoms with Gasteiger partial charge in [-0.05, 0) is 11.6 Å². The molecule has 1 aromatic carbocycles. The van der Waals surface area contributed by atoms with E-state index in [-0.39, 0.29) is 0 Å². The number of nitrogens with zero attached hydrogens (tertiary/aromatic N) is 2. The van der Waals surface area contributed by atoms with Gasteiger partial charge in [0.2, 0.25) is 10.0 Å². The van der Waals surface area contributed by atoms with Crippen molar-refractivity contribution in [3.63, 3.8) is 0 Å². The highest BCUT2D eigenvalue weighted by molar-refractivity contribution is 7.88. The van der Waals surface area contributed by atoms with Crippen molar-refractivity contribution in [2.45, 2.75) is 5.88 Å². The van der Waals surface area contributed by atoms with Gasteiger partial charge >= 0.3 is 0 Å². The number of para-hydroxylation sites is 1. The van der Waals surface area contributed by atoms with Crippen LogP contribution < -0.4 is 4.90 Å². The van der Waals surface area contributed by atoms with E-state index in [9.17, 15) is 8.42 Å². The highest BCUT2D eigenvalue weighted by atomic mass is 35.5. The van der Waals surface area contributed by atoms with Gasteiger partial charge in [0.15, 0.2) is 0 Å². The summed E-state index contributed by atoms with van der Waals surface area (Å²) in [5.41, 5.74) is 1.90. The fourth-order valence-corrected chi connectivity index (χ4v) is 3.62. The average Bonchev–Trinajstić information content (AvgIpc) is 2.37. The van der Waals surface area contributed by atoms with Gasteiger partial charge in [-0.15, -0.1) is 11.6 Å². The zero-order chi connectivity index (χ0) is 14.0. The summed E-state index contributed by atoms with van der Waals surface area (Å²) in [7, 11) is -3.11. The Morgan fingerprint density at radius 1 is 1.21 bits per heavy atom. The van der Waals surface area contributed by atoms with Crippen LogP contribution in [0.3, 0.4) is 0 Å². The second-order valence-electron chi connectivity index (χ2n) is 4.53. The molecule has 1 heterocycles. The molecule has 1 fully saturated rings. The number of benzene rings is 1. The van der Waals surface area contributed by atoms with Crippen LogP contribution in [0, 0.1) is 0 Å². The molecule has 0 amide bonds. The quantitative estimate of drug-likeness (QED) is 0.801. The number of sulfonamides is 1. The van der Waals surface area contributed by atoms with Crippen LogP contribution >= 0.6 is 23.2 Å². The first-order valence-corrected chi connectivity index (χ1v) is 8.73. The van der Waals surface area contributed by atoms with Gasteiger partial charge in [0, 0.05) is 32.1 Å². The smallest absolute Gasteiger partial charge is 0.211 e. The summed E-state index contributed by atoms with van der Waals surface area (Å²) in [5, 5.41) is 0.658. The third-order valence-electron chi connectivity index (χ3n) is 3.24. The summed E-state index contributed by atoms with van der Waals surface area (Å²) >= 11 is 12.2. The van der Waals surface area contributed by atoms with Gasteiger partial charge in [0.25, 0.3) is 0 Å². The highest BCUT2D eigenvalue weighted by Crippen LogP contribution is 2.31. The molecule has 19 heavy (non-hydrogen) atoms. The van der Waals surface area contributed by atoms with E-state index < -0.39 is 10.0 Å². The second kappa shape index (κ2) is 5.87. The average molecular weight is 323 g/mol. The van der Waals surface area contributed by atoms with Gasteiger partial charge in [0.05, 0.1) is 17.0 Å². The molecule has 0 unspecified atom stereocenters. The highest BCUT2D eigenvalue weighted by Gasteiger charge is 2.25. The van der Waals surface area contributed by atoms with E-state index in [2.05, 4.69) is 4.90 Å². The number of halogens is 2. The van der Waals surface area contributed by atoms with Crippen molar-refractivity contribution in [3.05, 3.63) is 28.8 Å². The fourth-order valence-electron chi connectivity index (χ4n) is 2.27. The SMILES string of the molecule is CS(=O)(=O)N1CCN(c2c(Cl)cccc2CCl)CC1. The molecule has 106 valence electrons. The molecule has 4 nitrogen and oxygen atoms in total. The Balaban J connectivity index is 2.18.